The highest BCUT2D eigenvalue weighted by Gasteiger charge is 2.53. The molecule has 324 valence electrons. The number of nitrogens with zero attached hydrogens (tertiary/aromatic N) is 4. The summed E-state index contributed by atoms with van der Waals surface area (Å²) in [7, 11) is -2.81. The van der Waals surface area contributed by atoms with Crippen molar-refractivity contribution < 1.29 is 9.05 Å². The van der Waals surface area contributed by atoms with Crippen LogP contribution in [-0.2, 0) is 9.05 Å². The quantitative estimate of drug-likeness (QED) is 0.101. The Morgan fingerprint density at radius 3 is 0.692 bits per heavy atom. The third-order valence-electron chi connectivity index (χ3n) is 12.2. The highest BCUT2D eigenvalue weighted by Crippen LogP contribution is 2.69. The molecular weight excluding hydrogens is 835 g/mol. The molecule has 6 atom stereocenters. The van der Waals surface area contributed by atoms with Crippen molar-refractivity contribution in [1.29, 1.82) is 0 Å². The van der Waals surface area contributed by atoms with Crippen molar-refractivity contribution in [2.45, 2.75) is 56.6 Å². The number of rotatable bonds is 14. The van der Waals surface area contributed by atoms with Gasteiger partial charge in [-0.1, -0.05) is 194 Å². The summed E-state index contributed by atoms with van der Waals surface area (Å²) in [6, 6.07) is 87.0. The van der Waals surface area contributed by atoms with E-state index in [1.54, 1.807) is 0 Å². The molecule has 0 amide bonds. The van der Waals surface area contributed by atoms with Crippen molar-refractivity contribution in [2.75, 3.05) is 18.7 Å². The Kier molecular flexibility index (Phi) is 13.0. The second kappa shape index (κ2) is 19.9. The normalized spacial score (nSPS) is 20.0. The first-order valence-corrected chi connectivity index (χ1v) is 25.0. The summed E-state index contributed by atoms with van der Waals surface area (Å²) < 4.78 is 25.4. The first-order valence-electron chi connectivity index (χ1n) is 22.6. The van der Waals surface area contributed by atoms with Crippen molar-refractivity contribution in [2.24, 2.45) is 0 Å². The van der Waals surface area contributed by atoms with E-state index in [1.165, 1.54) is 22.3 Å². The van der Waals surface area contributed by atoms with Gasteiger partial charge in [0.1, 0.15) is 0 Å². The molecule has 0 radical (unpaired) electrons. The number of hydrogen-bond donors (Lipinski definition) is 0. The summed E-state index contributed by atoms with van der Waals surface area (Å²) in [5.74, 6) is 0. The minimum absolute atomic E-state index is 0.0289. The monoisotopic (exact) mass is 888 g/mol. The summed E-state index contributed by atoms with van der Waals surface area (Å²) in [5.41, 5.74) is 9.52. The van der Waals surface area contributed by atoms with Crippen molar-refractivity contribution >= 4 is 39.6 Å². The van der Waals surface area contributed by atoms with Gasteiger partial charge in [0, 0.05) is 29.2 Å². The fourth-order valence-electron chi connectivity index (χ4n) is 9.50. The highest BCUT2D eigenvalue weighted by atomic mass is 31.2. The zero-order valence-corrected chi connectivity index (χ0v) is 38.6. The lowest BCUT2D eigenvalue weighted by molar-refractivity contribution is 0.150. The van der Waals surface area contributed by atoms with Crippen LogP contribution in [-0.4, -0.2) is 12.2 Å². The third kappa shape index (κ3) is 8.93. The van der Waals surface area contributed by atoms with Gasteiger partial charge in [-0.05, 0) is 84.6 Å². The largest absolute Gasteiger partial charge is 0.319 e. The van der Waals surface area contributed by atoms with E-state index < -0.39 is 16.9 Å². The SMILES string of the molecule is C[C@H](C[C@@H](C)OP1N(c2ccccc2)[C@H](c2ccccc2)[C@@H](c2ccccc2)N1c1ccccc1)OP1N(c2ccccc2)[C@H](c2ccccc2)[C@@H](c2ccccc2)N1c1ccccc1. The Labute approximate surface area is 387 Å². The lowest BCUT2D eigenvalue weighted by Crippen LogP contribution is -2.26. The Morgan fingerprint density at radius 2 is 0.492 bits per heavy atom. The van der Waals surface area contributed by atoms with Gasteiger partial charge in [0.05, 0.1) is 36.4 Å². The van der Waals surface area contributed by atoms with Crippen LogP contribution in [0.5, 0.6) is 0 Å². The van der Waals surface area contributed by atoms with Gasteiger partial charge < -0.3 is 27.7 Å². The lowest BCUT2D eigenvalue weighted by Gasteiger charge is -2.36. The van der Waals surface area contributed by atoms with Gasteiger partial charge in [-0.15, -0.1) is 0 Å². The molecular formula is C57H54N4O2P2. The standard InChI is InChI=1S/C57H54N4O2P2/c1-44(62-64-58(50-35-19-7-20-36-50)54(46-27-11-3-12-28-46)55(47-29-13-4-14-30-47)59(64)51-37-21-8-22-38-51)43-45(2)63-65-60(52-39-23-9-24-40-52)56(48-31-15-5-16-32-48)57(49-33-17-6-18-34-49)61(65)53-41-25-10-26-42-53/h3-42,44-45,54-57H,43H2,1-2H3/t44-,45-,54-,55-,56-,57-/m1/s1. The van der Waals surface area contributed by atoms with E-state index in [4.69, 9.17) is 9.05 Å². The molecule has 0 aliphatic carbocycles. The maximum atomic E-state index is 7.60. The van der Waals surface area contributed by atoms with Crippen LogP contribution in [0.4, 0.5) is 22.7 Å². The summed E-state index contributed by atoms with van der Waals surface area (Å²) in [4.78, 5) is 0. The van der Waals surface area contributed by atoms with Gasteiger partial charge in [0.2, 0.25) is 16.9 Å². The van der Waals surface area contributed by atoms with E-state index in [9.17, 15) is 0 Å². The van der Waals surface area contributed by atoms with Crippen LogP contribution in [0.3, 0.4) is 0 Å². The predicted molar refractivity (Wildman–Crippen MR) is 272 cm³/mol. The van der Waals surface area contributed by atoms with E-state index in [0.717, 1.165) is 22.7 Å². The predicted octanol–water partition coefficient (Wildman–Crippen LogP) is 15.7. The van der Waals surface area contributed by atoms with E-state index in [1.807, 2.05) is 0 Å². The van der Waals surface area contributed by atoms with Crippen LogP contribution in [0.1, 0.15) is 66.7 Å². The molecule has 2 saturated heterocycles. The van der Waals surface area contributed by atoms with Crippen molar-refractivity contribution in [3.05, 3.63) is 265 Å². The summed E-state index contributed by atoms with van der Waals surface area (Å²) in [5, 5.41) is 0. The van der Waals surface area contributed by atoms with Crippen molar-refractivity contribution in [1.82, 2.24) is 0 Å². The summed E-state index contributed by atoms with van der Waals surface area (Å²) in [6.07, 6.45) is 0.358. The van der Waals surface area contributed by atoms with E-state index in [-0.39, 0.29) is 36.4 Å². The number of hydrogen-bond acceptors (Lipinski definition) is 6. The van der Waals surface area contributed by atoms with E-state index in [2.05, 4.69) is 275 Å². The first-order chi connectivity index (χ1) is 32.1. The zero-order chi connectivity index (χ0) is 44.0. The number of para-hydroxylation sites is 4. The van der Waals surface area contributed by atoms with Crippen LogP contribution >= 0.6 is 16.9 Å². The minimum atomic E-state index is -1.41. The molecule has 65 heavy (non-hydrogen) atoms. The average molecular weight is 889 g/mol. The first kappa shape index (κ1) is 42.7. The Hall–Kier alpha value is -6.26. The maximum absolute atomic E-state index is 7.60. The second-order valence-corrected chi connectivity index (χ2v) is 19.9. The third-order valence-corrected chi connectivity index (χ3v) is 16.7. The van der Waals surface area contributed by atoms with E-state index in [0.29, 0.717) is 6.42 Å². The molecule has 6 nitrogen and oxygen atoms in total. The Bertz CT molecular complexity index is 2310. The lowest BCUT2D eigenvalue weighted by atomic mass is 9.92. The Balaban J connectivity index is 1.04. The molecule has 8 aromatic carbocycles. The van der Waals surface area contributed by atoms with Crippen LogP contribution in [0, 0.1) is 0 Å². The van der Waals surface area contributed by atoms with Gasteiger partial charge >= 0.3 is 0 Å². The molecule has 0 saturated carbocycles. The molecule has 0 aromatic heterocycles. The van der Waals surface area contributed by atoms with Crippen LogP contribution in [0.15, 0.2) is 243 Å². The maximum Gasteiger partial charge on any atom is 0.250 e. The molecule has 0 N–H and O–H groups in total. The van der Waals surface area contributed by atoms with Gasteiger partial charge in [-0.3, -0.25) is 0 Å². The number of anilines is 4. The molecule has 8 aromatic rings. The van der Waals surface area contributed by atoms with Gasteiger partial charge in [-0.2, -0.15) is 0 Å². The average Bonchev–Trinajstić information content (AvgIpc) is 3.89. The number of benzene rings is 8. The minimum Gasteiger partial charge on any atom is -0.319 e. The molecule has 2 heterocycles. The summed E-state index contributed by atoms with van der Waals surface area (Å²) >= 11 is 0. The fourth-order valence-corrected chi connectivity index (χ4v) is 14.4. The van der Waals surface area contributed by atoms with Crippen molar-refractivity contribution in [3.63, 3.8) is 0 Å². The smallest absolute Gasteiger partial charge is 0.250 e. The summed E-state index contributed by atoms with van der Waals surface area (Å²) in [6.45, 7) is 4.46. The van der Waals surface area contributed by atoms with Gasteiger partial charge in [0.15, 0.2) is 0 Å². The Morgan fingerprint density at radius 1 is 0.308 bits per heavy atom. The van der Waals surface area contributed by atoms with Gasteiger partial charge in [0.25, 0.3) is 0 Å². The molecule has 2 fully saturated rings. The second-order valence-electron chi connectivity index (χ2n) is 16.7. The molecule has 2 aliphatic rings. The van der Waals surface area contributed by atoms with Crippen LogP contribution in [0.25, 0.3) is 0 Å². The highest BCUT2D eigenvalue weighted by molar-refractivity contribution is 7.57. The molecule has 2 aliphatic heterocycles. The topological polar surface area (TPSA) is 31.4 Å². The fraction of sp³-hybridized carbons (Fsp3) is 0.158. The van der Waals surface area contributed by atoms with Crippen molar-refractivity contribution in [3.8, 4) is 0 Å². The van der Waals surface area contributed by atoms with Gasteiger partial charge in [-0.25, -0.2) is 0 Å². The molecule has 10 rings (SSSR count). The van der Waals surface area contributed by atoms with E-state index >= 15 is 0 Å². The molecule has 0 unspecified atom stereocenters. The molecule has 0 bridgehead atoms. The molecule has 0 spiro atoms. The molecule has 8 heteroatoms. The zero-order valence-electron chi connectivity index (χ0n) is 36.8. The van der Waals surface area contributed by atoms with Crippen LogP contribution < -0.4 is 18.7 Å². The van der Waals surface area contributed by atoms with Crippen LogP contribution in [0.2, 0.25) is 0 Å².